The monoisotopic (exact) mass is 343 g/mol. The third kappa shape index (κ3) is 4.80. The van der Waals surface area contributed by atoms with Gasteiger partial charge in [-0.05, 0) is 24.3 Å². The maximum Gasteiger partial charge on any atom is 0.338 e. The number of carbonyl (C=O) groups excluding carboxylic acids is 2. The van der Waals surface area contributed by atoms with Crippen LogP contribution in [0.2, 0.25) is 5.15 Å². The molecule has 1 aromatic carbocycles. The number of halogens is 1. The van der Waals surface area contributed by atoms with Gasteiger partial charge in [0.1, 0.15) is 5.15 Å². The molecule has 0 unspecified atom stereocenters. The van der Waals surface area contributed by atoms with Gasteiger partial charge >= 0.3 is 5.97 Å². The summed E-state index contributed by atoms with van der Waals surface area (Å²) in [6.07, 6.45) is 1.55. The van der Waals surface area contributed by atoms with Gasteiger partial charge < -0.3 is 9.64 Å². The normalized spacial score (nSPS) is 9.83. The molecule has 0 saturated heterocycles. The maximum absolute atomic E-state index is 12.4. The molecule has 2 rings (SSSR count). The molecule has 0 radical (unpaired) electrons. The number of hydrogen-bond acceptors (Lipinski definition) is 5. The topological polar surface area (TPSA) is 83.3 Å². The first kappa shape index (κ1) is 17.4. The molecule has 24 heavy (non-hydrogen) atoms. The van der Waals surface area contributed by atoms with Crippen molar-refractivity contribution in [2.45, 2.75) is 6.42 Å². The molecule has 0 aliphatic carbocycles. The van der Waals surface area contributed by atoms with E-state index in [1.54, 1.807) is 24.3 Å². The molecular weight excluding hydrogens is 330 g/mol. The minimum absolute atomic E-state index is 0.163. The molecule has 1 aromatic heterocycles. The predicted molar refractivity (Wildman–Crippen MR) is 88.6 cm³/mol. The third-order valence-electron chi connectivity index (χ3n) is 3.11. The predicted octanol–water partition coefficient (Wildman–Crippen LogP) is 2.84. The van der Waals surface area contributed by atoms with Crippen LogP contribution < -0.4 is 4.90 Å². The first-order chi connectivity index (χ1) is 11.6. The summed E-state index contributed by atoms with van der Waals surface area (Å²) in [6, 6.07) is 13.7. The lowest BCUT2D eigenvalue weighted by molar-refractivity contribution is -0.121. The second-order valence-electron chi connectivity index (χ2n) is 4.73. The quantitative estimate of drug-likeness (QED) is 0.595. The molecule has 0 spiro atoms. The van der Waals surface area contributed by atoms with E-state index in [9.17, 15) is 9.59 Å². The lowest BCUT2D eigenvalue weighted by Crippen LogP contribution is -2.35. The Morgan fingerprint density at radius 3 is 2.67 bits per heavy atom. The van der Waals surface area contributed by atoms with Gasteiger partial charge in [-0.3, -0.25) is 4.79 Å². The Morgan fingerprint density at radius 1 is 1.25 bits per heavy atom. The minimum Gasteiger partial charge on any atom is -0.452 e. The first-order valence-corrected chi connectivity index (χ1v) is 7.50. The summed E-state index contributed by atoms with van der Waals surface area (Å²) in [7, 11) is 0. The fraction of sp³-hybridized carbons (Fsp3) is 0.176. The summed E-state index contributed by atoms with van der Waals surface area (Å²) in [6.45, 7) is -0.211. The molecule has 0 aliphatic heterocycles. The van der Waals surface area contributed by atoms with Crippen LogP contribution in [0.4, 0.5) is 5.69 Å². The van der Waals surface area contributed by atoms with Gasteiger partial charge in [0.15, 0.2) is 6.61 Å². The average Bonchev–Trinajstić information content (AvgIpc) is 2.61. The molecule has 6 nitrogen and oxygen atoms in total. The van der Waals surface area contributed by atoms with Gasteiger partial charge in [-0.25, -0.2) is 9.78 Å². The minimum atomic E-state index is -0.666. The fourth-order valence-corrected chi connectivity index (χ4v) is 2.16. The number of ether oxygens (including phenoxy) is 1. The number of esters is 1. The Bertz CT molecular complexity index is 759. The average molecular weight is 344 g/mol. The highest BCUT2D eigenvalue weighted by molar-refractivity contribution is 6.29. The largest absolute Gasteiger partial charge is 0.452 e. The van der Waals surface area contributed by atoms with Crippen LogP contribution in [0, 0.1) is 11.3 Å². The van der Waals surface area contributed by atoms with Crippen LogP contribution in [0.5, 0.6) is 0 Å². The van der Waals surface area contributed by atoms with Gasteiger partial charge in [0.25, 0.3) is 5.91 Å². The second-order valence-corrected chi connectivity index (χ2v) is 5.12. The highest BCUT2D eigenvalue weighted by atomic mass is 35.5. The Morgan fingerprint density at radius 2 is 2.00 bits per heavy atom. The van der Waals surface area contributed by atoms with Crippen LogP contribution in [0.15, 0.2) is 48.7 Å². The number of nitrogens with zero attached hydrogens (tertiary/aromatic N) is 3. The molecule has 1 amide bonds. The van der Waals surface area contributed by atoms with E-state index in [2.05, 4.69) is 4.98 Å². The van der Waals surface area contributed by atoms with Crippen molar-refractivity contribution >= 4 is 29.2 Å². The summed E-state index contributed by atoms with van der Waals surface area (Å²) in [5.41, 5.74) is 0.854. The van der Waals surface area contributed by atoms with Gasteiger partial charge in [-0.15, -0.1) is 0 Å². The number of amides is 1. The van der Waals surface area contributed by atoms with E-state index in [1.165, 1.54) is 23.2 Å². The number of para-hydroxylation sites is 1. The Hall–Kier alpha value is -2.91. The smallest absolute Gasteiger partial charge is 0.338 e. The third-order valence-corrected chi connectivity index (χ3v) is 3.31. The van der Waals surface area contributed by atoms with Gasteiger partial charge in [0, 0.05) is 18.4 Å². The Labute approximate surface area is 144 Å². The number of hydrogen-bond donors (Lipinski definition) is 0. The lowest BCUT2D eigenvalue weighted by atomic mass is 10.2. The highest BCUT2D eigenvalue weighted by Crippen LogP contribution is 2.14. The summed E-state index contributed by atoms with van der Waals surface area (Å²) in [5, 5.41) is 8.91. The second kappa shape index (κ2) is 8.65. The number of nitriles is 1. The number of carbonyl (C=O) groups is 2. The highest BCUT2D eigenvalue weighted by Gasteiger charge is 2.18. The van der Waals surface area contributed by atoms with Gasteiger partial charge in [-0.2, -0.15) is 5.26 Å². The van der Waals surface area contributed by atoms with Crippen LogP contribution in [0.3, 0.4) is 0 Å². The summed E-state index contributed by atoms with van der Waals surface area (Å²) < 4.78 is 5.03. The van der Waals surface area contributed by atoms with E-state index < -0.39 is 18.5 Å². The summed E-state index contributed by atoms with van der Waals surface area (Å²) in [5.74, 6) is -1.08. The SMILES string of the molecule is N#CCCN(C(=O)COC(=O)c1ccnc(Cl)c1)c1ccccc1. The van der Waals surface area contributed by atoms with Crippen molar-refractivity contribution < 1.29 is 14.3 Å². The fourth-order valence-electron chi connectivity index (χ4n) is 1.99. The van der Waals surface area contributed by atoms with Crippen LogP contribution in [-0.2, 0) is 9.53 Å². The molecular formula is C17H14ClN3O3. The zero-order valence-electron chi connectivity index (χ0n) is 12.7. The molecule has 122 valence electrons. The first-order valence-electron chi connectivity index (χ1n) is 7.13. The van der Waals surface area contributed by atoms with Crippen molar-refractivity contribution in [3.05, 3.63) is 59.4 Å². The van der Waals surface area contributed by atoms with E-state index in [4.69, 9.17) is 21.6 Å². The van der Waals surface area contributed by atoms with Gasteiger partial charge in [-0.1, -0.05) is 29.8 Å². The molecule has 7 heteroatoms. The van der Waals surface area contributed by atoms with Crippen LogP contribution in [-0.4, -0.2) is 30.0 Å². The van der Waals surface area contributed by atoms with Crippen molar-refractivity contribution in [2.75, 3.05) is 18.1 Å². The zero-order chi connectivity index (χ0) is 17.4. The molecule has 0 fully saturated rings. The number of aromatic nitrogens is 1. The number of benzene rings is 1. The van der Waals surface area contributed by atoms with E-state index in [-0.39, 0.29) is 23.7 Å². The van der Waals surface area contributed by atoms with E-state index in [1.807, 2.05) is 12.1 Å². The van der Waals surface area contributed by atoms with Crippen LogP contribution >= 0.6 is 11.6 Å². The number of rotatable bonds is 6. The molecule has 0 aliphatic rings. The van der Waals surface area contributed by atoms with E-state index >= 15 is 0 Å². The van der Waals surface area contributed by atoms with E-state index in [0.29, 0.717) is 5.69 Å². The van der Waals surface area contributed by atoms with Crippen LogP contribution in [0.25, 0.3) is 0 Å². The Balaban J connectivity index is 2.02. The van der Waals surface area contributed by atoms with Crippen molar-refractivity contribution in [2.24, 2.45) is 0 Å². The molecule has 0 atom stereocenters. The molecule has 0 saturated carbocycles. The lowest BCUT2D eigenvalue weighted by Gasteiger charge is -2.21. The molecule has 1 heterocycles. The van der Waals surface area contributed by atoms with E-state index in [0.717, 1.165) is 0 Å². The van der Waals surface area contributed by atoms with Crippen LogP contribution in [0.1, 0.15) is 16.8 Å². The Kier molecular flexibility index (Phi) is 6.29. The maximum atomic E-state index is 12.4. The summed E-state index contributed by atoms with van der Waals surface area (Å²) >= 11 is 5.71. The van der Waals surface area contributed by atoms with Crippen molar-refractivity contribution in [3.63, 3.8) is 0 Å². The molecule has 0 bridgehead atoms. The van der Waals surface area contributed by atoms with Gasteiger partial charge in [0.2, 0.25) is 0 Å². The van der Waals surface area contributed by atoms with Crippen molar-refractivity contribution in [1.29, 1.82) is 5.26 Å². The van der Waals surface area contributed by atoms with Gasteiger partial charge in [0.05, 0.1) is 18.1 Å². The zero-order valence-corrected chi connectivity index (χ0v) is 13.4. The molecule has 0 N–H and O–H groups in total. The summed E-state index contributed by atoms with van der Waals surface area (Å²) in [4.78, 5) is 29.5. The van der Waals surface area contributed by atoms with Crippen molar-refractivity contribution in [3.8, 4) is 6.07 Å². The molecule has 2 aromatic rings. The van der Waals surface area contributed by atoms with Crippen molar-refractivity contribution in [1.82, 2.24) is 4.98 Å². The number of anilines is 1. The standard InChI is InChI=1S/C17H14ClN3O3/c18-15-11-13(7-9-20-15)17(23)24-12-16(22)21(10-4-8-19)14-5-2-1-3-6-14/h1-3,5-7,9,11H,4,10,12H2. The number of pyridine rings is 1.